The van der Waals surface area contributed by atoms with Crippen LogP contribution in [0.5, 0.6) is 23.0 Å². The Bertz CT molecular complexity index is 2020. The van der Waals surface area contributed by atoms with Crippen LogP contribution in [0.15, 0.2) is 48.7 Å². The smallest absolute Gasteiger partial charge is 0.489 e. The number of hydrogen-bond donors (Lipinski definition) is 3. The highest BCUT2D eigenvalue weighted by atomic mass is 19.3. The van der Waals surface area contributed by atoms with Gasteiger partial charge < -0.3 is 35.1 Å². The number of nitrogens with one attached hydrogen (secondary N) is 1. The average Bonchev–Trinajstić information content (AvgIpc) is 3.79. The summed E-state index contributed by atoms with van der Waals surface area (Å²) in [5, 5.41) is 15.5. The maximum atomic E-state index is 13.8. The molecule has 2 atom stereocenters. The van der Waals surface area contributed by atoms with Gasteiger partial charge in [-0.3, -0.25) is 14.6 Å². The van der Waals surface area contributed by atoms with Crippen LogP contribution >= 0.6 is 0 Å². The molecule has 4 N–H and O–H groups in total. The molecule has 15 heteroatoms. The number of carbonyl (C=O) groups is 2. The monoisotopic (exact) mass is 682 g/mol. The summed E-state index contributed by atoms with van der Waals surface area (Å²) in [6, 6.07) is 10.1. The number of fused-ring (bicyclic) bond motifs is 3. The van der Waals surface area contributed by atoms with Crippen LogP contribution in [0.3, 0.4) is 0 Å². The van der Waals surface area contributed by atoms with Gasteiger partial charge in [-0.05, 0) is 80.6 Å². The summed E-state index contributed by atoms with van der Waals surface area (Å²) in [5.41, 5.74) is 4.67. The van der Waals surface area contributed by atoms with Crippen molar-refractivity contribution in [1.29, 1.82) is 0 Å². The highest BCUT2D eigenvalue weighted by Crippen LogP contribution is 2.51. The van der Waals surface area contributed by atoms with E-state index in [0.29, 0.717) is 29.3 Å². The number of aryl methyl sites for hydroxylation is 1. The number of primary amides is 1. The molecule has 256 valence electrons. The lowest BCUT2D eigenvalue weighted by molar-refractivity contribution is -0.286. The Morgan fingerprint density at radius 3 is 2.61 bits per heavy atom. The summed E-state index contributed by atoms with van der Waals surface area (Å²) in [7, 11) is 0. The zero-order valence-electron chi connectivity index (χ0n) is 26.2. The Balaban J connectivity index is 1.26. The number of nitrogens with two attached hydrogens (primary N) is 1. The van der Waals surface area contributed by atoms with Crippen molar-refractivity contribution in [2.75, 3.05) is 19.8 Å². The Kier molecular flexibility index (Phi) is 7.57. The van der Waals surface area contributed by atoms with Crippen molar-refractivity contribution in [2.24, 2.45) is 11.7 Å². The number of nitrogens with zero attached hydrogens (tertiary/aromatic N) is 2. The molecule has 4 heterocycles. The summed E-state index contributed by atoms with van der Waals surface area (Å²) in [6.45, 7) is 2.00. The summed E-state index contributed by atoms with van der Waals surface area (Å²) in [6.07, 6.45) is -3.87. The zero-order valence-corrected chi connectivity index (χ0v) is 26.2. The van der Waals surface area contributed by atoms with E-state index in [1.165, 1.54) is 30.3 Å². The first-order chi connectivity index (χ1) is 23.2. The number of pyridine rings is 2. The lowest BCUT2D eigenvalue weighted by Crippen LogP contribution is -2.44. The fourth-order valence-electron chi connectivity index (χ4n) is 6.14. The number of rotatable bonds is 10. The Morgan fingerprint density at radius 1 is 1.14 bits per heavy atom. The molecule has 4 aromatic rings. The van der Waals surface area contributed by atoms with E-state index in [9.17, 15) is 32.3 Å². The molecule has 2 aromatic carbocycles. The molecular weight excluding hydrogens is 652 g/mol. The zero-order chi connectivity index (χ0) is 34.9. The van der Waals surface area contributed by atoms with Crippen LogP contribution < -0.4 is 30.0 Å². The quantitative estimate of drug-likeness (QED) is 0.201. The Morgan fingerprint density at radius 2 is 1.90 bits per heavy atom. The van der Waals surface area contributed by atoms with Crippen LogP contribution in [0.2, 0.25) is 0 Å². The second-order valence-electron chi connectivity index (χ2n) is 12.7. The molecule has 1 fully saturated rings. The summed E-state index contributed by atoms with van der Waals surface area (Å²) in [5.74, 6) is -1.95. The number of amides is 2. The molecule has 2 aromatic heterocycles. The molecule has 0 bridgehead atoms. The number of alkyl halides is 4. The van der Waals surface area contributed by atoms with Crippen molar-refractivity contribution in [3.05, 3.63) is 71.0 Å². The lowest BCUT2D eigenvalue weighted by Gasteiger charge is -2.30. The SMILES string of the molecule is Cc1cnc2c(OCC(F)F)cc(C(=O)NC[C@](O)(c3cc4c(c(-c5ccc6c(c5)OC(F)(F)O6)n3)OC[C@]4(C)C(N)=O)C3CC3)cc2c1. The van der Waals surface area contributed by atoms with Gasteiger partial charge in [0, 0.05) is 28.3 Å². The van der Waals surface area contributed by atoms with E-state index in [-0.39, 0.29) is 64.6 Å². The van der Waals surface area contributed by atoms with E-state index in [2.05, 4.69) is 19.8 Å². The molecule has 3 aliphatic rings. The third kappa shape index (κ3) is 5.81. The van der Waals surface area contributed by atoms with Crippen molar-refractivity contribution in [1.82, 2.24) is 15.3 Å². The predicted octanol–water partition coefficient (Wildman–Crippen LogP) is 4.73. The largest absolute Gasteiger partial charge is 0.586 e. The van der Waals surface area contributed by atoms with Gasteiger partial charge in [0.1, 0.15) is 46.9 Å². The molecule has 2 amide bonds. The third-order valence-corrected chi connectivity index (χ3v) is 9.02. The van der Waals surface area contributed by atoms with Crippen molar-refractivity contribution >= 4 is 22.7 Å². The first-order valence-corrected chi connectivity index (χ1v) is 15.4. The minimum Gasteiger partial charge on any atom is -0.489 e. The van der Waals surface area contributed by atoms with Gasteiger partial charge in [0.25, 0.3) is 12.3 Å². The summed E-state index contributed by atoms with van der Waals surface area (Å²) in [4.78, 5) is 35.3. The van der Waals surface area contributed by atoms with Gasteiger partial charge in [-0.2, -0.15) is 0 Å². The fourth-order valence-corrected chi connectivity index (χ4v) is 6.14. The minimum absolute atomic E-state index is 0.00226. The normalized spacial score (nSPS) is 20.1. The molecule has 7 rings (SSSR count). The second-order valence-corrected chi connectivity index (χ2v) is 12.7. The predicted molar refractivity (Wildman–Crippen MR) is 165 cm³/mol. The maximum absolute atomic E-state index is 13.8. The molecule has 1 saturated carbocycles. The molecule has 0 spiro atoms. The van der Waals surface area contributed by atoms with Crippen LogP contribution in [0.25, 0.3) is 22.2 Å². The Hall–Kier alpha value is -5.18. The van der Waals surface area contributed by atoms with Crippen LogP contribution in [0, 0.1) is 12.8 Å². The molecular formula is C34H30F4N4O7. The number of carbonyl (C=O) groups excluding carboxylic acids is 2. The highest BCUT2D eigenvalue weighted by molar-refractivity contribution is 6.00. The van der Waals surface area contributed by atoms with E-state index < -0.39 is 42.2 Å². The van der Waals surface area contributed by atoms with Crippen LogP contribution in [-0.2, 0) is 15.8 Å². The van der Waals surface area contributed by atoms with Crippen LogP contribution in [-0.4, -0.2) is 59.4 Å². The van der Waals surface area contributed by atoms with E-state index in [0.717, 1.165) is 5.56 Å². The number of halogens is 4. The first kappa shape index (κ1) is 32.4. The van der Waals surface area contributed by atoms with Gasteiger partial charge in [-0.15, -0.1) is 8.78 Å². The molecule has 11 nitrogen and oxygen atoms in total. The number of benzene rings is 2. The van der Waals surface area contributed by atoms with Gasteiger partial charge in [-0.25, -0.2) is 13.8 Å². The lowest BCUT2D eigenvalue weighted by atomic mass is 9.81. The molecule has 0 radical (unpaired) electrons. The molecule has 0 saturated heterocycles. The third-order valence-electron chi connectivity index (χ3n) is 9.02. The number of ether oxygens (including phenoxy) is 4. The standard InChI is InChI=1S/C34H30F4N4O7/c1-16-7-18-8-19(10-24(27(18)40-12-16)46-13-26(35)36)30(43)41-14-33(45,20-4-5-20)25-11-21-29(47-15-32(21,2)31(39)44)28(42-25)17-3-6-22-23(9-17)49-34(37,38)48-22/h3,6-12,20,26,45H,4-5,13-15H2,1-2H3,(H2,39,44)(H,41,43)/t32-,33+/m0/s1. The summed E-state index contributed by atoms with van der Waals surface area (Å²) >= 11 is 0. The van der Waals surface area contributed by atoms with Crippen molar-refractivity contribution < 1.29 is 51.2 Å². The van der Waals surface area contributed by atoms with Gasteiger partial charge in [0.15, 0.2) is 11.5 Å². The van der Waals surface area contributed by atoms with Crippen molar-refractivity contribution in [3.8, 4) is 34.3 Å². The van der Waals surface area contributed by atoms with Gasteiger partial charge in [-0.1, -0.05) is 0 Å². The van der Waals surface area contributed by atoms with Crippen LogP contribution in [0.1, 0.15) is 46.9 Å². The fraction of sp³-hybridized carbons (Fsp3) is 0.353. The van der Waals surface area contributed by atoms with Crippen molar-refractivity contribution in [3.63, 3.8) is 0 Å². The number of aromatic nitrogens is 2. The topological polar surface area (TPSA) is 155 Å². The second kappa shape index (κ2) is 11.5. The van der Waals surface area contributed by atoms with E-state index in [1.54, 1.807) is 32.2 Å². The van der Waals surface area contributed by atoms with Crippen molar-refractivity contribution in [2.45, 2.75) is 50.4 Å². The van der Waals surface area contributed by atoms with Gasteiger partial charge in [0.05, 0.1) is 12.2 Å². The van der Waals surface area contributed by atoms with E-state index in [4.69, 9.17) is 20.2 Å². The average molecular weight is 683 g/mol. The molecule has 1 aliphatic carbocycles. The molecule has 49 heavy (non-hydrogen) atoms. The van der Waals surface area contributed by atoms with Gasteiger partial charge >= 0.3 is 6.29 Å². The number of aliphatic hydroxyl groups is 1. The molecule has 0 unspecified atom stereocenters. The number of hydrogen-bond acceptors (Lipinski definition) is 9. The van der Waals surface area contributed by atoms with Crippen LogP contribution in [0.4, 0.5) is 17.6 Å². The Labute approximate surface area is 276 Å². The minimum atomic E-state index is -3.86. The van der Waals surface area contributed by atoms with E-state index in [1.807, 2.05) is 0 Å². The van der Waals surface area contributed by atoms with Gasteiger partial charge in [0.2, 0.25) is 5.91 Å². The molecule has 2 aliphatic heterocycles. The summed E-state index contributed by atoms with van der Waals surface area (Å²) < 4.78 is 74.0. The highest BCUT2D eigenvalue weighted by Gasteiger charge is 2.50. The maximum Gasteiger partial charge on any atom is 0.586 e. The van der Waals surface area contributed by atoms with E-state index >= 15 is 0 Å². The first-order valence-electron chi connectivity index (χ1n) is 15.4.